The molecule has 0 unspecified atom stereocenters. The highest BCUT2D eigenvalue weighted by Crippen LogP contribution is 2.43. The second kappa shape index (κ2) is 10.7. The van der Waals surface area contributed by atoms with Crippen molar-refractivity contribution >= 4 is 46.3 Å². The molecule has 210 valence electrons. The Morgan fingerprint density at radius 3 is 2.60 bits per heavy atom. The largest absolute Gasteiger partial charge is 0.493 e. The average molecular weight is 616 g/mol. The third-order valence-electron chi connectivity index (χ3n) is 7.71. The van der Waals surface area contributed by atoms with Crippen molar-refractivity contribution in [3.8, 4) is 22.8 Å². The highest BCUT2D eigenvalue weighted by Gasteiger charge is 2.33. The van der Waals surface area contributed by atoms with E-state index in [1.807, 2.05) is 48.5 Å². The smallest absolute Gasteiger partial charge is 0.271 e. The highest BCUT2D eigenvalue weighted by molar-refractivity contribution is 7.07. The first-order valence-electron chi connectivity index (χ1n) is 13.4. The summed E-state index contributed by atoms with van der Waals surface area (Å²) in [4.78, 5) is 19.8. The molecule has 3 aromatic carbocycles. The predicted molar refractivity (Wildman–Crippen MR) is 166 cm³/mol. The van der Waals surface area contributed by atoms with Crippen LogP contribution >= 0.6 is 34.5 Å². The zero-order chi connectivity index (χ0) is 29.0. The molecule has 0 saturated heterocycles. The number of nitrogens with zero attached hydrogens (tertiary/aromatic N) is 2. The van der Waals surface area contributed by atoms with Crippen LogP contribution in [0.25, 0.3) is 23.1 Å². The summed E-state index contributed by atoms with van der Waals surface area (Å²) in [6.07, 6.45) is 3.43. The van der Waals surface area contributed by atoms with Gasteiger partial charge >= 0.3 is 0 Å². The summed E-state index contributed by atoms with van der Waals surface area (Å²) in [6, 6.07) is 22.9. The van der Waals surface area contributed by atoms with Gasteiger partial charge in [0.15, 0.2) is 16.3 Å². The topological polar surface area (TPSA) is 66.0 Å². The lowest BCUT2D eigenvalue weighted by Crippen LogP contribution is -2.38. The van der Waals surface area contributed by atoms with Crippen LogP contribution in [0.2, 0.25) is 10.0 Å². The number of hydrogen-bond acceptors (Lipinski definition) is 6. The van der Waals surface area contributed by atoms with Crippen molar-refractivity contribution in [1.29, 1.82) is 0 Å². The normalized spacial score (nSPS) is 16.0. The number of ether oxygens (including phenoxy) is 2. The molecule has 1 aliphatic heterocycles. The van der Waals surface area contributed by atoms with Crippen molar-refractivity contribution in [1.82, 2.24) is 4.57 Å². The number of fused-ring (bicyclic) bond motifs is 3. The van der Waals surface area contributed by atoms with E-state index in [9.17, 15) is 4.79 Å². The molecule has 5 aromatic rings. The Kier molecular flexibility index (Phi) is 6.81. The maximum absolute atomic E-state index is 14.1. The van der Waals surface area contributed by atoms with Crippen LogP contribution in [0.15, 0.2) is 92.6 Å². The van der Waals surface area contributed by atoms with E-state index in [1.165, 1.54) is 16.9 Å². The molecule has 1 atom stereocenters. The lowest BCUT2D eigenvalue weighted by atomic mass is 9.83. The summed E-state index contributed by atoms with van der Waals surface area (Å²) in [7, 11) is 3.22. The minimum atomic E-state index is -0.344. The molecule has 2 aromatic heterocycles. The van der Waals surface area contributed by atoms with E-state index in [4.69, 9.17) is 42.1 Å². The van der Waals surface area contributed by atoms with Crippen LogP contribution in [-0.2, 0) is 6.42 Å². The van der Waals surface area contributed by atoms with Crippen molar-refractivity contribution < 1.29 is 13.9 Å². The average Bonchev–Trinajstić information content (AvgIpc) is 3.61. The van der Waals surface area contributed by atoms with Crippen molar-refractivity contribution in [2.75, 3.05) is 14.2 Å². The van der Waals surface area contributed by atoms with Crippen LogP contribution in [-0.4, -0.2) is 18.8 Å². The van der Waals surface area contributed by atoms with Gasteiger partial charge in [0.05, 0.1) is 40.5 Å². The Bertz CT molecular complexity index is 2090. The van der Waals surface area contributed by atoms with E-state index < -0.39 is 0 Å². The molecule has 7 rings (SSSR count). The molecule has 9 heteroatoms. The summed E-state index contributed by atoms with van der Waals surface area (Å²) in [5.41, 5.74) is 5.88. The lowest BCUT2D eigenvalue weighted by Gasteiger charge is -2.31. The first kappa shape index (κ1) is 26.8. The van der Waals surface area contributed by atoms with Gasteiger partial charge in [0.2, 0.25) is 0 Å². The molecule has 1 aliphatic carbocycles. The van der Waals surface area contributed by atoms with Crippen LogP contribution in [0.4, 0.5) is 0 Å². The number of rotatable bonds is 5. The van der Waals surface area contributed by atoms with Gasteiger partial charge in [-0.2, -0.15) is 0 Å². The summed E-state index contributed by atoms with van der Waals surface area (Å²) >= 11 is 14.0. The Hall–Kier alpha value is -4.04. The van der Waals surface area contributed by atoms with Crippen LogP contribution in [0.1, 0.15) is 34.9 Å². The lowest BCUT2D eigenvalue weighted by molar-refractivity contribution is 0.354. The number of thiazole rings is 1. The van der Waals surface area contributed by atoms with Crippen molar-refractivity contribution in [2.24, 2.45) is 4.99 Å². The number of furan rings is 1. The summed E-state index contributed by atoms with van der Waals surface area (Å²) in [5.74, 6) is 2.33. The second-order valence-corrected chi connectivity index (χ2v) is 11.8. The van der Waals surface area contributed by atoms with Gasteiger partial charge in [-0.1, -0.05) is 70.9 Å². The summed E-state index contributed by atoms with van der Waals surface area (Å²) in [5, 5.41) is 0.862. The number of hydrogen-bond donors (Lipinski definition) is 0. The fourth-order valence-corrected chi connectivity index (χ4v) is 7.12. The maximum atomic E-state index is 14.1. The van der Waals surface area contributed by atoms with Crippen molar-refractivity contribution in [3.05, 3.63) is 131 Å². The molecule has 0 saturated carbocycles. The Morgan fingerprint density at radius 1 is 0.952 bits per heavy atom. The summed E-state index contributed by atoms with van der Waals surface area (Å²) in [6.45, 7) is 0. The molecule has 3 heterocycles. The second-order valence-electron chi connectivity index (χ2n) is 10.0. The standard InChI is InChI=1S/C33H24Cl2N2O4S/c1-39-26-14-11-19(16-27(26)40-2)31-23-13-10-18-6-3-4-7-21(18)30(23)36-33-37(31)32(38)28(42-33)17-20-12-15-25(41-20)22-8-5-9-24(34)29(22)35/h3-9,11-12,14-17,31H,10,13H2,1-2H3/b28-17-/t31-/m1/s1. The fraction of sp³-hybridized carbons (Fsp3) is 0.152. The predicted octanol–water partition coefficient (Wildman–Crippen LogP) is 6.90. The minimum Gasteiger partial charge on any atom is -0.493 e. The fourth-order valence-electron chi connectivity index (χ4n) is 5.74. The zero-order valence-corrected chi connectivity index (χ0v) is 25.0. The van der Waals surface area contributed by atoms with E-state index in [1.54, 1.807) is 30.9 Å². The quantitative estimate of drug-likeness (QED) is 0.216. The first-order valence-corrected chi connectivity index (χ1v) is 14.9. The Balaban J connectivity index is 1.41. The SMILES string of the molecule is COc1ccc([C@@H]2C3=C(N=c4s/c(=C\c5ccc(-c6cccc(Cl)c6Cl)o5)c(=O)n42)c2ccccc2CC3)cc1OC. The molecule has 0 bridgehead atoms. The number of methoxy groups -OCH3 is 2. The van der Waals surface area contributed by atoms with E-state index in [0.29, 0.717) is 48.0 Å². The van der Waals surface area contributed by atoms with Gasteiger partial charge < -0.3 is 13.9 Å². The number of halogens is 2. The third-order valence-corrected chi connectivity index (χ3v) is 9.52. The molecule has 42 heavy (non-hydrogen) atoms. The number of aromatic nitrogens is 1. The van der Waals surface area contributed by atoms with Crippen LogP contribution in [0, 0.1) is 0 Å². The van der Waals surface area contributed by atoms with Gasteiger partial charge in [-0.3, -0.25) is 9.36 Å². The van der Waals surface area contributed by atoms with E-state index in [2.05, 4.69) is 18.2 Å². The monoisotopic (exact) mass is 614 g/mol. The highest BCUT2D eigenvalue weighted by atomic mass is 35.5. The van der Waals surface area contributed by atoms with Crippen molar-refractivity contribution in [2.45, 2.75) is 18.9 Å². The number of aryl methyl sites for hydroxylation is 1. The van der Waals surface area contributed by atoms with Crippen LogP contribution < -0.4 is 24.4 Å². The molecule has 0 amide bonds. The minimum absolute atomic E-state index is 0.136. The van der Waals surface area contributed by atoms with E-state index in [-0.39, 0.29) is 11.6 Å². The van der Waals surface area contributed by atoms with Gasteiger partial charge in [0.25, 0.3) is 5.56 Å². The summed E-state index contributed by atoms with van der Waals surface area (Å²) < 4.78 is 19.5. The van der Waals surface area contributed by atoms with E-state index >= 15 is 0 Å². The molecule has 0 fully saturated rings. The number of benzene rings is 3. The van der Waals surface area contributed by atoms with Crippen molar-refractivity contribution in [3.63, 3.8) is 0 Å². The zero-order valence-electron chi connectivity index (χ0n) is 22.7. The van der Waals surface area contributed by atoms with Crippen LogP contribution in [0.5, 0.6) is 11.5 Å². The molecular weight excluding hydrogens is 591 g/mol. The molecule has 0 N–H and O–H groups in total. The molecular formula is C33H24Cl2N2O4S. The Labute approximate surface area is 255 Å². The van der Waals surface area contributed by atoms with Gasteiger partial charge in [-0.05, 0) is 65.9 Å². The maximum Gasteiger partial charge on any atom is 0.271 e. The number of allylic oxidation sites excluding steroid dienone is 1. The van der Waals surface area contributed by atoms with Gasteiger partial charge in [0, 0.05) is 17.2 Å². The van der Waals surface area contributed by atoms with Gasteiger partial charge in [-0.15, -0.1) is 0 Å². The van der Waals surface area contributed by atoms with E-state index in [0.717, 1.165) is 35.2 Å². The van der Waals surface area contributed by atoms with Gasteiger partial charge in [0.1, 0.15) is 11.5 Å². The molecule has 2 aliphatic rings. The first-order chi connectivity index (χ1) is 20.5. The Morgan fingerprint density at radius 2 is 1.76 bits per heavy atom. The van der Waals surface area contributed by atoms with Gasteiger partial charge in [-0.25, -0.2) is 4.99 Å². The molecule has 6 nitrogen and oxygen atoms in total. The van der Waals surface area contributed by atoms with Crippen LogP contribution in [0.3, 0.4) is 0 Å². The third kappa shape index (κ3) is 4.40. The molecule has 0 radical (unpaired) electrons. The molecule has 0 spiro atoms.